The van der Waals surface area contributed by atoms with Crippen LogP contribution in [0.2, 0.25) is 3.80 Å². The van der Waals surface area contributed by atoms with Crippen LogP contribution in [0.4, 0.5) is 0 Å². The van der Waals surface area contributed by atoms with E-state index in [1.54, 1.807) is 37.1 Å². The van der Waals surface area contributed by atoms with Crippen molar-refractivity contribution in [2.75, 3.05) is 0 Å². The summed E-state index contributed by atoms with van der Waals surface area (Å²) in [5.41, 5.74) is 0. The molecule has 14 heavy (non-hydrogen) atoms. The summed E-state index contributed by atoms with van der Waals surface area (Å²) in [7, 11) is 0. The zero-order valence-corrected chi connectivity index (χ0v) is 10.9. The first-order valence-electron chi connectivity index (χ1n) is 4.14. The molecule has 1 aliphatic carbocycles. The molecule has 0 amide bonds. The van der Waals surface area contributed by atoms with E-state index in [4.69, 9.17) is 0 Å². The molecule has 4 heteroatoms. The molecule has 1 rings (SSSR count). The second kappa shape index (κ2) is 3.96. The standard InChI is InChI=1S/C7H9.3CO.W.H/c1-2-7-5-3-4-6-7;3*1-2;;/h3-6H,2H2,1H3;;;;;. The van der Waals surface area contributed by atoms with Crippen molar-refractivity contribution in [3.8, 4) is 0 Å². The van der Waals surface area contributed by atoms with Crippen LogP contribution < -0.4 is 0 Å². The number of hydrogen-bond acceptors (Lipinski definition) is 3. The van der Waals surface area contributed by atoms with E-state index in [9.17, 15) is 14.4 Å². The second-order valence-corrected chi connectivity index (χ2v) is 12.8. The third-order valence-electron chi connectivity index (χ3n) is 2.48. The summed E-state index contributed by atoms with van der Waals surface area (Å²) >= 11 is -4.40. The van der Waals surface area contributed by atoms with Crippen LogP contribution >= 0.6 is 0 Å². The minimum atomic E-state index is -4.40. The van der Waals surface area contributed by atoms with Crippen LogP contribution in [0.15, 0.2) is 24.3 Å². The Hall–Kier alpha value is -1.09. The molecule has 0 bridgehead atoms. The third-order valence-corrected chi connectivity index (χ3v) is 12.1. The van der Waals surface area contributed by atoms with Gasteiger partial charge in [-0.05, 0) is 0 Å². The third kappa shape index (κ3) is 1.28. The molecule has 0 aromatic rings. The van der Waals surface area contributed by atoms with Crippen LogP contribution in [0.3, 0.4) is 0 Å². The Morgan fingerprint density at radius 1 is 1.07 bits per heavy atom. The van der Waals surface area contributed by atoms with Crippen molar-refractivity contribution < 1.29 is 29.1 Å². The molecule has 0 saturated heterocycles. The van der Waals surface area contributed by atoms with Crippen molar-refractivity contribution in [1.29, 1.82) is 0 Å². The summed E-state index contributed by atoms with van der Waals surface area (Å²) in [5.74, 6) is 0. The monoisotopic (exact) mass is 362 g/mol. The van der Waals surface area contributed by atoms with Gasteiger partial charge in [-0.25, -0.2) is 0 Å². The second-order valence-electron chi connectivity index (χ2n) is 3.01. The van der Waals surface area contributed by atoms with Gasteiger partial charge in [0, 0.05) is 0 Å². The van der Waals surface area contributed by atoms with E-state index in [1.807, 2.05) is 6.92 Å². The summed E-state index contributed by atoms with van der Waals surface area (Å²) in [6, 6.07) is 0. The molecule has 0 heterocycles. The number of hydrogen-bond donors (Lipinski definition) is 0. The van der Waals surface area contributed by atoms with Crippen LogP contribution in [0.1, 0.15) is 13.3 Å². The maximum absolute atomic E-state index is 10.8. The average molecular weight is 362 g/mol. The zero-order valence-electron chi connectivity index (χ0n) is 7.69. The fourth-order valence-electron chi connectivity index (χ4n) is 1.51. The molecule has 74 valence electrons. The van der Waals surface area contributed by atoms with Gasteiger partial charge in [0.15, 0.2) is 0 Å². The number of rotatable bonds is 2. The van der Waals surface area contributed by atoms with Crippen molar-refractivity contribution in [2.24, 2.45) is 0 Å². The molecule has 0 aromatic heterocycles. The van der Waals surface area contributed by atoms with E-state index in [-0.39, 0.29) is 0 Å². The van der Waals surface area contributed by atoms with Gasteiger partial charge in [-0.15, -0.1) is 0 Å². The van der Waals surface area contributed by atoms with E-state index in [0.717, 1.165) is 0 Å². The maximum atomic E-state index is 10.8. The van der Waals surface area contributed by atoms with Crippen molar-refractivity contribution >= 4 is 12.8 Å². The normalized spacial score (nSPS) is 17.2. The van der Waals surface area contributed by atoms with Crippen LogP contribution in [0.25, 0.3) is 0 Å². The quantitative estimate of drug-likeness (QED) is 0.730. The minimum absolute atomic E-state index is 0.540. The predicted octanol–water partition coefficient (Wildman–Crippen LogP) is 0.769. The van der Waals surface area contributed by atoms with Gasteiger partial charge in [0.2, 0.25) is 0 Å². The van der Waals surface area contributed by atoms with Gasteiger partial charge < -0.3 is 0 Å². The van der Waals surface area contributed by atoms with E-state index in [2.05, 4.69) is 0 Å². The van der Waals surface area contributed by atoms with Gasteiger partial charge in [0.1, 0.15) is 0 Å². The molecule has 3 nitrogen and oxygen atoms in total. The first kappa shape index (κ1) is 11.0. The summed E-state index contributed by atoms with van der Waals surface area (Å²) in [6.45, 7) is 1.83. The molecule has 1 aliphatic rings. The topological polar surface area (TPSA) is 51.2 Å². The van der Waals surface area contributed by atoms with Crippen LogP contribution in [-0.4, -0.2) is 12.8 Å². The first-order valence-corrected chi connectivity index (χ1v) is 10.6. The van der Waals surface area contributed by atoms with Crippen LogP contribution in [-0.2, 0) is 29.1 Å². The Bertz CT molecular complexity index is 489. The Kier molecular flexibility index (Phi) is 3.11. The molecular formula is C10H10O3W. The molecule has 0 fully saturated rings. The number of allylic oxidation sites excluding steroid dienone is 4. The Morgan fingerprint density at radius 2 is 1.50 bits per heavy atom. The Labute approximate surface area is 83.5 Å². The van der Waals surface area contributed by atoms with Crippen LogP contribution in [0.5, 0.6) is 0 Å². The zero-order chi connectivity index (χ0) is 10.7. The molecule has 0 aliphatic heterocycles. The van der Waals surface area contributed by atoms with Crippen molar-refractivity contribution in [1.82, 2.24) is 0 Å². The molecule has 0 atom stereocenters. The fraction of sp³-hybridized carbons (Fsp3) is 0.300. The van der Waals surface area contributed by atoms with E-state index in [1.165, 1.54) is 0 Å². The predicted molar refractivity (Wildman–Crippen MR) is 49.7 cm³/mol. The molecule has 0 unspecified atom stereocenters. The van der Waals surface area contributed by atoms with Gasteiger partial charge >= 0.3 is 83.3 Å². The molecule has 0 radical (unpaired) electrons. The summed E-state index contributed by atoms with van der Waals surface area (Å²) in [6.07, 6.45) is 7.47. The van der Waals surface area contributed by atoms with Gasteiger partial charge in [-0.3, -0.25) is 0 Å². The van der Waals surface area contributed by atoms with E-state index < -0.39 is 18.5 Å². The van der Waals surface area contributed by atoms with Gasteiger partial charge in [0.25, 0.3) is 0 Å². The number of carbonyl (C=O) groups excluding carboxylic acids is 3. The molecule has 0 spiro atoms. The van der Waals surface area contributed by atoms with Crippen molar-refractivity contribution in [2.45, 2.75) is 17.1 Å². The van der Waals surface area contributed by atoms with Gasteiger partial charge in [-0.2, -0.15) is 0 Å². The molecular weight excluding hydrogens is 352 g/mol. The Morgan fingerprint density at radius 3 is 1.79 bits per heavy atom. The first-order chi connectivity index (χ1) is 6.70. The fourth-order valence-corrected chi connectivity index (χ4v) is 7.67. The van der Waals surface area contributed by atoms with E-state index >= 15 is 0 Å². The molecule has 0 saturated carbocycles. The van der Waals surface area contributed by atoms with E-state index in [0.29, 0.717) is 6.42 Å². The van der Waals surface area contributed by atoms with Crippen molar-refractivity contribution in [3.63, 3.8) is 0 Å². The molecule has 0 N–H and O–H groups in total. The molecule has 0 aromatic carbocycles. The summed E-state index contributed by atoms with van der Waals surface area (Å²) in [5, 5.41) is 0. The van der Waals surface area contributed by atoms with Crippen molar-refractivity contribution in [3.05, 3.63) is 24.3 Å². The summed E-state index contributed by atoms with van der Waals surface area (Å²) in [4.78, 5) is 32.5. The SMILES string of the molecule is CC[C]1([WH](=[C]=O)(=[C]=O)=[C]=O)C=CC=C1. The Balaban J connectivity index is 3.85. The summed E-state index contributed by atoms with van der Waals surface area (Å²) < 4.78 is 4.28. The average Bonchev–Trinajstić information content (AvgIpc) is 2.72. The van der Waals surface area contributed by atoms with Gasteiger partial charge in [-0.1, -0.05) is 0 Å². The van der Waals surface area contributed by atoms with Gasteiger partial charge in [0.05, 0.1) is 0 Å². The van der Waals surface area contributed by atoms with Crippen LogP contribution in [0, 0.1) is 0 Å².